The minimum atomic E-state index is 0.0397. The third kappa shape index (κ3) is 3.57. The summed E-state index contributed by atoms with van der Waals surface area (Å²) in [5.74, 6) is 0.882. The Morgan fingerprint density at radius 1 is 1.13 bits per heavy atom. The van der Waals surface area contributed by atoms with Crippen molar-refractivity contribution >= 4 is 23.1 Å². The van der Waals surface area contributed by atoms with Gasteiger partial charge >= 0.3 is 0 Å². The maximum atomic E-state index is 11.2. The van der Waals surface area contributed by atoms with Crippen LogP contribution in [-0.4, -0.2) is 16.0 Å². The fourth-order valence-corrected chi connectivity index (χ4v) is 2.29. The molecule has 0 spiro atoms. The van der Waals surface area contributed by atoms with Gasteiger partial charge in [0.1, 0.15) is 0 Å². The van der Waals surface area contributed by atoms with Crippen LogP contribution in [-0.2, 0) is 6.54 Å². The number of carbonyl (C=O) groups excluding carboxylic acids is 1. The highest BCUT2D eigenvalue weighted by Gasteiger charge is 2.11. The molecule has 0 aliphatic carbocycles. The van der Waals surface area contributed by atoms with Gasteiger partial charge < -0.3 is 9.73 Å². The van der Waals surface area contributed by atoms with Crippen LogP contribution in [0.15, 0.2) is 52.9 Å². The molecule has 0 radical (unpaired) electrons. The van der Waals surface area contributed by atoms with Crippen LogP contribution in [0.1, 0.15) is 23.2 Å². The molecular formula is C17H14ClN3O2. The van der Waals surface area contributed by atoms with E-state index in [1.165, 1.54) is 6.92 Å². The summed E-state index contributed by atoms with van der Waals surface area (Å²) in [7, 11) is 0. The largest absolute Gasteiger partial charge is 0.419 e. The van der Waals surface area contributed by atoms with Gasteiger partial charge in [0.25, 0.3) is 0 Å². The van der Waals surface area contributed by atoms with Crippen molar-refractivity contribution in [2.24, 2.45) is 0 Å². The average Bonchev–Trinajstić information content (AvgIpc) is 3.02. The number of halogens is 1. The molecular weight excluding hydrogens is 314 g/mol. The molecule has 0 atom stereocenters. The van der Waals surface area contributed by atoms with Crippen LogP contribution in [0.25, 0.3) is 11.5 Å². The van der Waals surface area contributed by atoms with E-state index in [1.54, 1.807) is 18.2 Å². The number of aromatic nitrogens is 2. The lowest BCUT2D eigenvalue weighted by Gasteiger charge is -2.04. The summed E-state index contributed by atoms with van der Waals surface area (Å²) >= 11 is 6.11. The molecule has 0 unspecified atom stereocenters. The Labute approximate surface area is 138 Å². The van der Waals surface area contributed by atoms with E-state index in [2.05, 4.69) is 15.5 Å². The average molecular weight is 328 g/mol. The molecule has 3 aromatic rings. The third-order valence-corrected chi connectivity index (χ3v) is 3.64. The third-order valence-electron chi connectivity index (χ3n) is 3.31. The minimum absolute atomic E-state index is 0.0397. The monoisotopic (exact) mass is 327 g/mol. The number of Topliss-reactive ketones (excluding diaryl/α,β-unsaturated/α-hetero) is 1. The first-order chi connectivity index (χ1) is 11.1. The van der Waals surface area contributed by atoms with E-state index in [0.717, 1.165) is 5.69 Å². The Balaban J connectivity index is 1.68. The van der Waals surface area contributed by atoms with E-state index in [0.29, 0.717) is 34.5 Å². The van der Waals surface area contributed by atoms with Crippen molar-refractivity contribution in [1.82, 2.24) is 10.2 Å². The summed E-state index contributed by atoms with van der Waals surface area (Å²) in [5.41, 5.74) is 2.25. The number of hydrogen-bond donors (Lipinski definition) is 1. The lowest BCUT2D eigenvalue weighted by atomic mass is 10.1. The molecule has 23 heavy (non-hydrogen) atoms. The van der Waals surface area contributed by atoms with Gasteiger partial charge in [0, 0.05) is 11.3 Å². The van der Waals surface area contributed by atoms with E-state index in [4.69, 9.17) is 16.0 Å². The topological polar surface area (TPSA) is 68.0 Å². The Morgan fingerprint density at radius 2 is 1.87 bits per heavy atom. The predicted octanol–water partition coefficient (Wildman–Crippen LogP) is 4.20. The number of anilines is 1. The highest BCUT2D eigenvalue weighted by molar-refractivity contribution is 6.33. The lowest BCUT2D eigenvalue weighted by molar-refractivity contribution is 0.101. The van der Waals surface area contributed by atoms with E-state index in [9.17, 15) is 4.79 Å². The highest BCUT2D eigenvalue weighted by Crippen LogP contribution is 2.26. The van der Waals surface area contributed by atoms with E-state index in [-0.39, 0.29) is 5.78 Å². The Morgan fingerprint density at radius 3 is 2.57 bits per heavy atom. The molecule has 5 nitrogen and oxygen atoms in total. The van der Waals surface area contributed by atoms with Crippen LogP contribution in [0.2, 0.25) is 5.02 Å². The number of rotatable bonds is 5. The van der Waals surface area contributed by atoms with Gasteiger partial charge in [-0.25, -0.2) is 0 Å². The summed E-state index contributed by atoms with van der Waals surface area (Å²) in [6.45, 7) is 1.92. The fraction of sp³-hybridized carbons (Fsp3) is 0.118. The van der Waals surface area contributed by atoms with Crippen molar-refractivity contribution in [3.63, 3.8) is 0 Å². The number of hydrogen-bond acceptors (Lipinski definition) is 5. The van der Waals surface area contributed by atoms with Crippen LogP contribution >= 0.6 is 11.6 Å². The van der Waals surface area contributed by atoms with Gasteiger partial charge in [-0.05, 0) is 43.3 Å². The second-order valence-corrected chi connectivity index (χ2v) is 5.38. The smallest absolute Gasteiger partial charge is 0.249 e. The molecule has 3 rings (SSSR count). The highest BCUT2D eigenvalue weighted by atomic mass is 35.5. The molecule has 0 amide bonds. The van der Waals surface area contributed by atoms with Crippen molar-refractivity contribution in [2.45, 2.75) is 13.5 Å². The first-order valence-corrected chi connectivity index (χ1v) is 7.43. The Kier molecular flexibility index (Phi) is 4.39. The Hall–Kier alpha value is -2.66. The molecule has 0 aliphatic heterocycles. The number of benzene rings is 2. The molecule has 2 aromatic carbocycles. The molecule has 1 aromatic heterocycles. The minimum Gasteiger partial charge on any atom is -0.419 e. The zero-order valence-electron chi connectivity index (χ0n) is 12.4. The predicted molar refractivity (Wildman–Crippen MR) is 88.5 cm³/mol. The van der Waals surface area contributed by atoms with E-state index in [1.807, 2.05) is 30.3 Å². The van der Waals surface area contributed by atoms with Crippen LogP contribution in [0.3, 0.4) is 0 Å². The second-order valence-electron chi connectivity index (χ2n) is 4.97. The van der Waals surface area contributed by atoms with E-state index < -0.39 is 0 Å². The van der Waals surface area contributed by atoms with Gasteiger partial charge in [-0.15, -0.1) is 10.2 Å². The zero-order chi connectivity index (χ0) is 16.2. The van der Waals surface area contributed by atoms with Gasteiger partial charge in [-0.2, -0.15) is 0 Å². The summed E-state index contributed by atoms with van der Waals surface area (Å²) in [4.78, 5) is 11.2. The molecule has 0 aliphatic rings. The van der Waals surface area contributed by atoms with Crippen molar-refractivity contribution in [1.29, 1.82) is 0 Å². The molecule has 0 fully saturated rings. The SMILES string of the molecule is CC(=O)c1ccc(NCc2nnc(-c3ccccc3Cl)o2)cc1. The molecule has 1 N–H and O–H groups in total. The first-order valence-electron chi connectivity index (χ1n) is 7.05. The lowest BCUT2D eigenvalue weighted by Crippen LogP contribution is -2.00. The molecule has 6 heteroatoms. The number of nitrogens with zero attached hydrogens (tertiary/aromatic N) is 2. The molecule has 0 saturated carbocycles. The van der Waals surface area contributed by atoms with Gasteiger partial charge in [-0.3, -0.25) is 4.79 Å². The summed E-state index contributed by atoms with van der Waals surface area (Å²) in [6, 6.07) is 14.5. The maximum absolute atomic E-state index is 11.2. The van der Waals surface area contributed by atoms with Gasteiger partial charge in [0.05, 0.1) is 17.1 Å². The van der Waals surface area contributed by atoms with Crippen LogP contribution in [0.5, 0.6) is 0 Å². The van der Waals surface area contributed by atoms with Crippen molar-refractivity contribution in [2.75, 3.05) is 5.32 Å². The first kappa shape index (κ1) is 15.2. The number of carbonyl (C=O) groups is 1. The van der Waals surface area contributed by atoms with Gasteiger partial charge in [0.15, 0.2) is 5.78 Å². The molecule has 116 valence electrons. The molecule has 0 saturated heterocycles. The Bertz CT molecular complexity index is 828. The van der Waals surface area contributed by atoms with Crippen molar-refractivity contribution < 1.29 is 9.21 Å². The number of nitrogens with one attached hydrogen (secondary N) is 1. The summed E-state index contributed by atoms with van der Waals surface area (Å²) in [5, 5.41) is 11.7. The van der Waals surface area contributed by atoms with Crippen LogP contribution in [0, 0.1) is 0 Å². The standard InChI is InChI=1S/C17H14ClN3O2/c1-11(22)12-6-8-13(9-7-12)19-10-16-20-21-17(23-16)14-4-2-3-5-15(14)18/h2-9,19H,10H2,1H3. The van der Waals surface area contributed by atoms with Crippen molar-refractivity contribution in [3.8, 4) is 11.5 Å². The summed E-state index contributed by atoms with van der Waals surface area (Å²) in [6.07, 6.45) is 0. The summed E-state index contributed by atoms with van der Waals surface area (Å²) < 4.78 is 5.61. The zero-order valence-corrected chi connectivity index (χ0v) is 13.2. The number of ketones is 1. The molecule has 0 bridgehead atoms. The normalized spacial score (nSPS) is 10.5. The maximum Gasteiger partial charge on any atom is 0.249 e. The van der Waals surface area contributed by atoms with Crippen LogP contribution in [0.4, 0.5) is 5.69 Å². The fourth-order valence-electron chi connectivity index (χ4n) is 2.07. The quantitative estimate of drug-likeness (QED) is 0.711. The van der Waals surface area contributed by atoms with Gasteiger partial charge in [0.2, 0.25) is 11.8 Å². The second kappa shape index (κ2) is 6.62. The van der Waals surface area contributed by atoms with Crippen LogP contribution < -0.4 is 5.32 Å². The van der Waals surface area contributed by atoms with E-state index >= 15 is 0 Å². The van der Waals surface area contributed by atoms with Crippen molar-refractivity contribution in [3.05, 3.63) is 65.0 Å². The van der Waals surface area contributed by atoms with Gasteiger partial charge in [-0.1, -0.05) is 23.7 Å². The molecule has 1 heterocycles.